The van der Waals surface area contributed by atoms with Crippen LogP contribution in [0.5, 0.6) is 0 Å². The number of amides is 13. The summed E-state index contributed by atoms with van der Waals surface area (Å²) in [7, 11) is 1.81. The highest BCUT2D eigenvalue weighted by atomic mass is 33.1. The molecule has 0 saturated carbocycles. The molecule has 2 saturated heterocycles. The Labute approximate surface area is 687 Å². The van der Waals surface area contributed by atoms with Crippen molar-refractivity contribution in [2.45, 2.75) is 178 Å². The lowest BCUT2D eigenvalue weighted by atomic mass is 9.94. The molecule has 3 rings (SSSR count). The number of rotatable bonds is 47. The van der Waals surface area contributed by atoms with Crippen LogP contribution in [0, 0.1) is 5.92 Å². The fourth-order valence-corrected chi connectivity index (χ4v) is 14.1. The minimum atomic E-state index is -1.85. The number of carboxylic acid groups (broad SMARTS) is 1. The number of carbonyl (C=O) groups excluding carboxylic acids is 13. The molecular weight excluding hydrogens is 1580 g/mol. The van der Waals surface area contributed by atoms with Gasteiger partial charge >= 0.3 is 5.97 Å². The summed E-state index contributed by atoms with van der Waals surface area (Å²) in [6, 6.07) is -2.37. The maximum Gasteiger partial charge on any atom is 0.305 e. The van der Waals surface area contributed by atoms with Crippen LogP contribution >= 0.6 is 33.3 Å². The third-order valence-corrected chi connectivity index (χ3v) is 21.6. The average Bonchev–Trinajstić information content (AvgIpc) is 0.972. The molecule has 652 valence electrons. The number of thioether (sulfide) groups is 1. The number of nitrogens with two attached hydrogens (primary N) is 3. The molecule has 2 aliphatic heterocycles. The summed E-state index contributed by atoms with van der Waals surface area (Å²) in [5.74, 6) is -13.2. The van der Waals surface area contributed by atoms with E-state index in [9.17, 15) is 82.6 Å². The number of benzene rings is 1. The summed E-state index contributed by atoms with van der Waals surface area (Å²) >= 11 is 0.882. The first kappa shape index (κ1) is 101. The number of ether oxygens (including phenoxy) is 4. The van der Waals surface area contributed by atoms with Gasteiger partial charge in [0.15, 0.2) is 5.96 Å². The van der Waals surface area contributed by atoms with E-state index in [4.69, 9.17) is 36.1 Å². The predicted octanol–water partition coefficient (Wildman–Crippen LogP) is -4.01. The van der Waals surface area contributed by atoms with Gasteiger partial charge in [0.1, 0.15) is 55.5 Å². The van der Waals surface area contributed by atoms with Crippen LogP contribution in [0.15, 0.2) is 45.6 Å². The molecule has 2 heterocycles. The van der Waals surface area contributed by atoms with Crippen molar-refractivity contribution in [1.29, 1.82) is 0 Å². The van der Waals surface area contributed by atoms with Crippen LogP contribution in [-0.2, 0) is 92.5 Å². The van der Waals surface area contributed by atoms with Crippen molar-refractivity contribution in [3.8, 4) is 0 Å². The van der Waals surface area contributed by atoms with Crippen molar-refractivity contribution in [1.82, 2.24) is 74.4 Å². The predicted molar refractivity (Wildman–Crippen MR) is 435 cm³/mol. The van der Waals surface area contributed by atoms with Gasteiger partial charge in [0, 0.05) is 69.2 Å². The number of primary amides is 1. The van der Waals surface area contributed by atoms with E-state index >= 15 is 0 Å². The van der Waals surface area contributed by atoms with Crippen LogP contribution in [0.3, 0.4) is 0 Å². The van der Waals surface area contributed by atoms with Crippen LogP contribution in [0.25, 0.3) is 0 Å². The second-order valence-corrected chi connectivity index (χ2v) is 31.9. The fourth-order valence-electron chi connectivity index (χ4n) is 11.0. The van der Waals surface area contributed by atoms with Gasteiger partial charge in [0.2, 0.25) is 76.8 Å². The van der Waals surface area contributed by atoms with E-state index in [1.807, 2.05) is 27.7 Å². The summed E-state index contributed by atoms with van der Waals surface area (Å²) in [5.41, 5.74) is 16.5. The number of nitrogens with one attached hydrogen (secondary N) is 14. The number of fused-ring (bicyclic) bond motifs is 5. The third kappa shape index (κ3) is 44.2. The molecule has 44 heteroatoms. The number of guanidine groups is 1. The second kappa shape index (κ2) is 57.0. The zero-order chi connectivity index (χ0) is 85.9. The SMILES string of the molecule is C/C(=N\O)C(C)(C)NCCC(CCNC(=O)CCCC(=O)NCCCC[C@@H]1NC(=O)CSC[C@@H](C(=O)NCCOCCOCCOCCNC(=O)COCC(N)=O)NC(=O)[C@H](Cc2ccccc2)NC(=O)[C@@H]2CSSC[C@H](NC1=O)C(=O)N[C@@H](CCCN=C(N)N)C(=O)NCC(=O)N[C@@H](CC(=O)O)C(=O)N2)CCNC(C)(C)/C(C)=N/O. The Morgan fingerprint density at radius 3 is 1.61 bits per heavy atom. The van der Waals surface area contributed by atoms with Crippen molar-refractivity contribution in [2.75, 3.05) is 128 Å². The molecule has 0 radical (unpaired) electrons. The summed E-state index contributed by atoms with van der Waals surface area (Å²) < 4.78 is 21.5. The first-order valence-corrected chi connectivity index (χ1v) is 41.9. The molecule has 1 aromatic carbocycles. The van der Waals surface area contributed by atoms with Gasteiger partial charge in [0.25, 0.3) is 0 Å². The molecule has 7 atom stereocenters. The molecule has 0 aliphatic carbocycles. The zero-order valence-corrected chi connectivity index (χ0v) is 69.3. The minimum Gasteiger partial charge on any atom is -0.481 e. The number of aliphatic imine (C=N–C) groups is 1. The van der Waals surface area contributed by atoms with E-state index in [0.29, 0.717) is 43.0 Å². The Kier molecular flexibility index (Phi) is 49.6. The molecule has 41 nitrogen and oxygen atoms in total. The van der Waals surface area contributed by atoms with Crippen molar-refractivity contribution in [3.05, 3.63) is 35.9 Å². The van der Waals surface area contributed by atoms with Crippen molar-refractivity contribution < 1.29 is 102 Å². The van der Waals surface area contributed by atoms with Crippen molar-refractivity contribution >= 4 is 133 Å². The number of nitrogens with zero attached hydrogens (tertiary/aromatic N) is 3. The lowest BCUT2D eigenvalue weighted by molar-refractivity contribution is -0.141. The highest BCUT2D eigenvalue weighted by Crippen LogP contribution is 2.25. The average molecular weight is 1700 g/mol. The Hall–Kier alpha value is -9.18. The summed E-state index contributed by atoms with van der Waals surface area (Å²) in [5, 5.41) is 73.8. The normalized spacial score (nSPS) is 19.9. The number of carboxylic acids is 1. The smallest absolute Gasteiger partial charge is 0.305 e. The maximum absolute atomic E-state index is 14.7. The molecule has 0 aromatic heterocycles. The van der Waals surface area contributed by atoms with Crippen LogP contribution in [0.4, 0.5) is 0 Å². The zero-order valence-electron chi connectivity index (χ0n) is 66.8. The Bertz CT molecular complexity index is 3380. The van der Waals surface area contributed by atoms with E-state index in [1.54, 1.807) is 44.2 Å². The Balaban J connectivity index is 1.91. The Morgan fingerprint density at radius 2 is 1.04 bits per heavy atom. The molecule has 2 fully saturated rings. The first-order valence-electron chi connectivity index (χ1n) is 38.3. The van der Waals surface area contributed by atoms with Crippen LogP contribution in [0.1, 0.15) is 124 Å². The van der Waals surface area contributed by atoms with Gasteiger partial charge < -0.3 is 126 Å². The first-order chi connectivity index (χ1) is 55.2. The number of unbranched alkanes of at least 4 members (excludes halogenated alkanes) is 1. The monoisotopic (exact) mass is 1700 g/mol. The standard InChI is InChI=1S/C72H120N20O21S3/c1-45(91-108)71(3,4)82-26-21-47(22-27-83-72(5,6)46(2)92-109)20-25-77-58(95)19-12-18-57(94)76-23-11-10-16-50-65(103)89-54-42-115-116-43-55(90-67(105)52(37-62(99)100)85-59(96)38-81-63(101)49(86-68(54)106)17-13-24-80-70(74)75)69(107)87-51(36-48-14-8-7-9-15-48)66(104)88-53(41-114-44-61(98)84-50)64(102)79-29-31-111-33-35-112-34-32-110-30-28-78-60(97)40-113-39-56(73)93/h7-9,14-15,47,49-55,82-83,108-109H,10-13,16-44H2,1-6H3,(H2,73,93)(H,76,94)(H,77,95)(H,78,97)(H,79,102)(H,81,101)(H,84,98)(H,85,96)(H,86,106)(H,87,107)(H,88,104)(H,89,103)(H,90,105)(H,99,100)(H4,74,75,80)/b91-45+,92-46+/t49-,50-,51-,52-,53-,54-,55-/m0/s1. The number of hydrogen-bond donors (Lipinski definition) is 20. The van der Waals surface area contributed by atoms with E-state index < -0.39 is 150 Å². The topological polar surface area (TPSA) is 620 Å². The van der Waals surface area contributed by atoms with Gasteiger partial charge in [-0.1, -0.05) is 62.2 Å². The van der Waals surface area contributed by atoms with E-state index in [0.717, 1.165) is 46.2 Å². The third-order valence-electron chi connectivity index (χ3n) is 18.2. The largest absolute Gasteiger partial charge is 0.481 e. The van der Waals surface area contributed by atoms with Crippen LogP contribution in [0.2, 0.25) is 0 Å². The molecule has 2 bridgehead atoms. The van der Waals surface area contributed by atoms with Gasteiger partial charge in [-0.15, -0.1) is 11.8 Å². The number of oxime groups is 2. The van der Waals surface area contributed by atoms with Gasteiger partial charge in [-0.25, -0.2) is 0 Å². The number of aliphatic carboxylic acids is 1. The fraction of sp³-hybridized carbons (Fsp3) is 0.681. The maximum atomic E-state index is 14.7. The number of hydrogen-bond acceptors (Lipinski definition) is 28. The van der Waals surface area contributed by atoms with Gasteiger partial charge in [0.05, 0.1) is 80.9 Å². The van der Waals surface area contributed by atoms with E-state index in [1.165, 1.54) is 0 Å². The molecule has 0 spiro atoms. The van der Waals surface area contributed by atoms with Crippen molar-refractivity contribution in [3.63, 3.8) is 0 Å². The molecular formula is C72H120N20O21S3. The van der Waals surface area contributed by atoms with Crippen LogP contribution < -0.4 is 91.6 Å². The molecule has 1 aromatic rings. The molecule has 13 amide bonds. The quantitative estimate of drug-likeness (QED) is 0.00738. The van der Waals surface area contributed by atoms with Gasteiger partial charge in [-0.05, 0) is 124 Å². The highest BCUT2D eigenvalue weighted by Gasteiger charge is 2.36. The molecule has 0 unspecified atom stereocenters. The molecule has 116 heavy (non-hydrogen) atoms. The summed E-state index contributed by atoms with van der Waals surface area (Å²) in [6.07, 6.45) is 1.53. The van der Waals surface area contributed by atoms with Crippen LogP contribution in [-0.4, -0.2) is 297 Å². The Morgan fingerprint density at radius 1 is 0.534 bits per heavy atom. The van der Waals surface area contributed by atoms with Gasteiger partial charge in [-0.3, -0.25) is 72.1 Å². The lowest BCUT2D eigenvalue weighted by Gasteiger charge is -2.28. The lowest BCUT2D eigenvalue weighted by Crippen LogP contribution is -2.60. The molecule has 2 aliphatic rings. The number of carbonyl (C=O) groups is 14. The van der Waals surface area contributed by atoms with Crippen molar-refractivity contribution in [2.24, 2.45) is 38.4 Å². The second-order valence-electron chi connectivity index (χ2n) is 28.3. The van der Waals surface area contributed by atoms with Gasteiger partial charge in [-0.2, -0.15) is 0 Å². The van der Waals surface area contributed by atoms with E-state index in [-0.39, 0.29) is 171 Å². The van der Waals surface area contributed by atoms with E-state index in [2.05, 4.69) is 89.7 Å². The summed E-state index contributed by atoms with van der Waals surface area (Å²) in [6.45, 7) is 11.9. The molecule has 23 N–H and O–H groups in total. The minimum absolute atomic E-state index is 0.00701. The highest BCUT2D eigenvalue weighted by molar-refractivity contribution is 8.76. The summed E-state index contributed by atoms with van der Waals surface area (Å²) in [4.78, 5) is 194.